The van der Waals surface area contributed by atoms with E-state index in [4.69, 9.17) is 0 Å². The van der Waals surface area contributed by atoms with Gasteiger partial charge in [0.2, 0.25) is 0 Å². The van der Waals surface area contributed by atoms with E-state index in [2.05, 4.69) is 0 Å². The fourth-order valence-corrected chi connectivity index (χ4v) is 4.22. The average molecular weight is 452 g/mol. The lowest BCUT2D eigenvalue weighted by Crippen LogP contribution is -2.51. The van der Waals surface area contributed by atoms with Crippen LogP contribution in [0.5, 0.6) is 0 Å². The Bertz CT molecular complexity index is 1200. The first kappa shape index (κ1) is 22.9. The number of rotatable bonds is 7. The van der Waals surface area contributed by atoms with Gasteiger partial charge in [-0.2, -0.15) is 0 Å². The number of carbonyl (C=O) groups excluding carboxylic acids is 2. The molecule has 0 aliphatic carbocycles. The van der Waals surface area contributed by atoms with Crippen LogP contribution in [0.4, 0.5) is 0 Å². The summed E-state index contributed by atoms with van der Waals surface area (Å²) in [6, 6.07) is 27.8. The van der Waals surface area contributed by atoms with Gasteiger partial charge in [0.05, 0.1) is 11.9 Å². The summed E-state index contributed by atoms with van der Waals surface area (Å²) in [6.45, 7) is 0. The summed E-state index contributed by atoms with van der Waals surface area (Å²) in [6.07, 6.45) is 0. The van der Waals surface area contributed by atoms with Crippen LogP contribution >= 0.6 is 0 Å². The van der Waals surface area contributed by atoms with E-state index in [1.807, 2.05) is 0 Å². The molecule has 4 aromatic carbocycles. The molecule has 0 aliphatic heterocycles. The van der Waals surface area contributed by atoms with E-state index < -0.39 is 23.1 Å². The molecule has 4 aromatic rings. The van der Waals surface area contributed by atoms with Crippen LogP contribution in [0.2, 0.25) is 0 Å². The molecule has 0 heterocycles. The molecule has 0 radical (unpaired) electrons. The monoisotopic (exact) mass is 452 g/mol. The van der Waals surface area contributed by atoms with Crippen LogP contribution in [-0.4, -0.2) is 22.2 Å². The van der Waals surface area contributed by atoms with Crippen molar-refractivity contribution >= 4 is 11.9 Å². The minimum absolute atomic E-state index is 0.0827. The number of carbonyl (C=O) groups is 2. The van der Waals surface area contributed by atoms with Gasteiger partial charge in [0.25, 0.3) is 0 Å². The fraction of sp³-hybridized carbons (Fsp3) is 0.0714. The molecular formula is C28H20O6-2. The molecule has 4 rings (SSSR count). The van der Waals surface area contributed by atoms with Crippen LogP contribution in [0.1, 0.15) is 43.0 Å². The van der Waals surface area contributed by atoms with Crippen molar-refractivity contribution in [1.82, 2.24) is 0 Å². The molecule has 0 amide bonds. The van der Waals surface area contributed by atoms with Crippen molar-refractivity contribution in [1.29, 1.82) is 0 Å². The van der Waals surface area contributed by atoms with Crippen molar-refractivity contribution in [3.63, 3.8) is 0 Å². The maximum atomic E-state index is 12.4. The molecular weight excluding hydrogens is 432 g/mol. The second kappa shape index (κ2) is 8.94. The van der Waals surface area contributed by atoms with Gasteiger partial charge >= 0.3 is 0 Å². The van der Waals surface area contributed by atoms with E-state index in [1.54, 1.807) is 60.7 Å². The van der Waals surface area contributed by atoms with Gasteiger partial charge in [-0.05, 0) is 33.4 Å². The second-order valence-electron chi connectivity index (χ2n) is 7.88. The molecule has 2 atom stereocenters. The SMILES string of the molecule is O=C([O-])c1ccc([C@](O)(c2ccccc2)[C@@](O)(c2ccccc2)c2ccc(C(=O)[O-])cc2)cc1. The van der Waals surface area contributed by atoms with Gasteiger partial charge < -0.3 is 30.0 Å². The molecule has 0 saturated heterocycles. The molecule has 0 aliphatic rings. The highest BCUT2D eigenvalue weighted by atomic mass is 16.4. The van der Waals surface area contributed by atoms with E-state index in [9.17, 15) is 30.0 Å². The van der Waals surface area contributed by atoms with Crippen molar-refractivity contribution in [3.05, 3.63) is 143 Å². The van der Waals surface area contributed by atoms with Crippen molar-refractivity contribution in [2.45, 2.75) is 11.2 Å². The fourth-order valence-electron chi connectivity index (χ4n) is 4.22. The highest BCUT2D eigenvalue weighted by molar-refractivity contribution is 5.86. The third-order valence-corrected chi connectivity index (χ3v) is 5.98. The Balaban J connectivity index is 2.05. The number of benzene rings is 4. The summed E-state index contributed by atoms with van der Waals surface area (Å²) in [5, 5.41) is 47.5. The summed E-state index contributed by atoms with van der Waals surface area (Å²) in [5.41, 5.74) is -3.26. The molecule has 6 heteroatoms. The van der Waals surface area contributed by atoms with Gasteiger partial charge in [0, 0.05) is 0 Å². The van der Waals surface area contributed by atoms with Crippen LogP contribution < -0.4 is 10.2 Å². The van der Waals surface area contributed by atoms with E-state index in [0.717, 1.165) is 0 Å². The summed E-state index contributed by atoms with van der Waals surface area (Å²) < 4.78 is 0. The number of aliphatic hydroxyl groups is 2. The summed E-state index contributed by atoms with van der Waals surface area (Å²) in [4.78, 5) is 22.6. The first-order valence-electron chi connectivity index (χ1n) is 10.5. The molecule has 6 nitrogen and oxygen atoms in total. The van der Waals surface area contributed by atoms with Crippen molar-refractivity contribution in [2.24, 2.45) is 0 Å². The maximum Gasteiger partial charge on any atom is 0.152 e. The highest BCUT2D eigenvalue weighted by Gasteiger charge is 2.54. The predicted octanol–water partition coefficient (Wildman–Crippen LogP) is 1.59. The van der Waals surface area contributed by atoms with E-state index in [-0.39, 0.29) is 22.3 Å². The third kappa shape index (κ3) is 3.75. The zero-order chi connectivity index (χ0) is 24.3. The van der Waals surface area contributed by atoms with Gasteiger partial charge in [-0.15, -0.1) is 0 Å². The Kier molecular flexibility index (Phi) is 6.03. The first-order valence-corrected chi connectivity index (χ1v) is 10.5. The summed E-state index contributed by atoms with van der Waals surface area (Å²) in [5.74, 6) is -2.74. The number of hydrogen-bond donors (Lipinski definition) is 2. The Hall–Kier alpha value is -4.26. The van der Waals surface area contributed by atoms with Gasteiger partial charge in [-0.3, -0.25) is 0 Å². The molecule has 0 bridgehead atoms. The lowest BCUT2D eigenvalue weighted by atomic mass is 9.66. The van der Waals surface area contributed by atoms with E-state index >= 15 is 0 Å². The second-order valence-corrected chi connectivity index (χ2v) is 7.88. The lowest BCUT2D eigenvalue weighted by molar-refractivity contribution is -0.256. The Labute approximate surface area is 196 Å². The van der Waals surface area contributed by atoms with Crippen molar-refractivity contribution in [3.8, 4) is 0 Å². The number of carboxylic acid groups (broad SMARTS) is 2. The number of aromatic carboxylic acids is 2. The third-order valence-electron chi connectivity index (χ3n) is 5.98. The smallest absolute Gasteiger partial charge is 0.152 e. The Morgan fingerprint density at radius 3 is 1.00 bits per heavy atom. The normalized spacial score (nSPS) is 14.5. The first-order chi connectivity index (χ1) is 16.3. The van der Waals surface area contributed by atoms with E-state index in [0.29, 0.717) is 11.1 Å². The topological polar surface area (TPSA) is 121 Å². The minimum Gasteiger partial charge on any atom is -0.545 e. The predicted molar refractivity (Wildman–Crippen MR) is 120 cm³/mol. The molecule has 0 unspecified atom stereocenters. The van der Waals surface area contributed by atoms with Crippen LogP contribution in [-0.2, 0) is 11.2 Å². The minimum atomic E-state index is -2.11. The van der Waals surface area contributed by atoms with Crippen molar-refractivity contribution in [2.75, 3.05) is 0 Å². The van der Waals surface area contributed by atoms with Crippen LogP contribution in [0.25, 0.3) is 0 Å². The van der Waals surface area contributed by atoms with E-state index in [1.165, 1.54) is 48.5 Å². The van der Waals surface area contributed by atoms with Gasteiger partial charge in [0.15, 0.2) is 11.2 Å². The van der Waals surface area contributed by atoms with Crippen molar-refractivity contribution < 1.29 is 30.0 Å². The van der Waals surface area contributed by atoms with Crippen LogP contribution in [0.15, 0.2) is 109 Å². The average Bonchev–Trinajstić information content (AvgIpc) is 2.88. The summed E-state index contributed by atoms with van der Waals surface area (Å²) >= 11 is 0. The molecule has 34 heavy (non-hydrogen) atoms. The lowest BCUT2D eigenvalue weighted by Gasteiger charge is -2.45. The number of carboxylic acids is 2. The van der Waals surface area contributed by atoms with Gasteiger partial charge in [-0.25, -0.2) is 0 Å². The maximum absolute atomic E-state index is 12.4. The Morgan fingerprint density at radius 2 is 0.735 bits per heavy atom. The molecule has 0 fully saturated rings. The van der Waals surface area contributed by atoms with Crippen LogP contribution in [0, 0.1) is 0 Å². The molecule has 170 valence electrons. The largest absolute Gasteiger partial charge is 0.545 e. The highest BCUT2D eigenvalue weighted by Crippen LogP contribution is 2.49. The van der Waals surface area contributed by atoms with Crippen LogP contribution in [0.3, 0.4) is 0 Å². The molecule has 2 N–H and O–H groups in total. The molecule has 0 aromatic heterocycles. The standard InChI is InChI=1S/C28H22O6/c29-25(30)19-11-15-23(16-12-19)27(33,21-7-3-1-4-8-21)28(34,22-9-5-2-6-10-22)24-17-13-20(14-18-24)26(31)32/h1-18,33-34H,(H,29,30)(H,31,32)/p-2/t27-,28-/m1/s1. The zero-order valence-corrected chi connectivity index (χ0v) is 17.9. The molecule has 0 saturated carbocycles. The van der Waals surface area contributed by atoms with Gasteiger partial charge in [0.1, 0.15) is 0 Å². The zero-order valence-electron chi connectivity index (χ0n) is 17.9. The quantitative estimate of drug-likeness (QED) is 0.439. The van der Waals surface area contributed by atoms with Gasteiger partial charge in [-0.1, -0.05) is 109 Å². The summed E-state index contributed by atoms with van der Waals surface area (Å²) in [7, 11) is 0. The molecule has 0 spiro atoms. The number of hydrogen-bond acceptors (Lipinski definition) is 6. The Morgan fingerprint density at radius 1 is 0.471 bits per heavy atom.